The second-order valence-electron chi connectivity index (χ2n) is 4.23. The van der Waals surface area contributed by atoms with E-state index in [2.05, 4.69) is 36.8 Å². The average molecular weight is 407 g/mol. The molecule has 0 radical (unpaired) electrons. The second kappa shape index (κ2) is 6.26. The Morgan fingerprint density at radius 3 is 2.25 bits per heavy atom. The number of hydrogen-bond acceptors (Lipinski definition) is 3. The van der Waals surface area contributed by atoms with Gasteiger partial charge in [-0.25, -0.2) is 4.79 Å². The van der Waals surface area contributed by atoms with Gasteiger partial charge in [0.2, 0.25) is 0 Å². The first kappa shape index (κ1) is 15.5. The molecule has 1 aromatic carbocycles. The molecule has 0 aliphatic rings. The molecule has 0 unspecified atom stereocenters. The quantitative estimate of drug-likeness (QED) is 0.794. The van der Waals surface area contributed by atoms with E-state index >= 15 is 0 Å². The summed E-state index contributed by atoms with van der Waals surface area (Å²) in [6.45, 7) is 0.802. The highest BCUT2D eigenvalue weighted by atomic mass is 79.9. The Bertz CT molecular complexity index is 617. The molecule has 1 aromatic heterocycles. The summed E-state index contributed by atoms with van der Waals surface area (Å²) in [6, 6.07) is 1.60. The van der Waals surface area contributed by atoms with Gasteiger partial charge in [-0.3, -0.25) is 0 Å². The Hall–Kier alpha value is -0.890. The lowest BCUT2D eigenvalue weighted by Crippen LogP contribution is -2.01. The summed E-state index contributed by atoms with van der Waals surface area (Å²) in [5.41, 5.74) is 2.72. The van der Waals surface area contributed by atoms with Crippen LogP contribution < -0.4 is 0 Å². The fraction of sp³-hybridized carbons (Fsp3) is 0.308. The zero-order valence-electron chi connectivity index (χ0n) is 10.9. The lowest BCUT2D eigenvalue weighted by Gasteiger charge is -2.14. The summed E-state index contributed by atoms with van der Waals surface area (Å²) < 4.78 is 12.0. The summed E-state index contributed by atoms with van der Waals surface area (Å²) >= 11 is 7.05. The molecule has 0 aliphatic heterocycles. The van der Waals surface area contributed by atoms with E-state index in [1.165, 1.54) is 0 Å². The minimum atomic E-state index is -0.999. The number of rotatable bonds is 5. The van der Waals surface area contributed by atoms with Gasteiger partial charge in [-0.05, 0) is 43.5 Å². The highest BCUT2D eigenvalue weighted by molar-refractivity contribution is 9.11. The molecule has 1 heterocycles. The number of benzene rings is 1. The van der Waals surface area contributed by atoms with Crippen LogP contribution in [0, 0.1) is 0 Å². The normalized spacial score (nSPS) is 11.2. The maximum absolute atomic E-state index is 11.1. The number of methoxy groups -OCH3 is 2. The predicted octanol–water partition coefficient (Wildman–Crippen LogP) is 3.68. The van der Waals surface area contributed by atoms with Crippen molar-refractivity contribution >= 4 is 48.7 Å². The molecule has 20 heavy (non-hydrogen) atoms. The van der Waals surface area contributed by atoms with Crippen molar-refractivity contribution in [1.82, 2.24) is 4.98 Å². The molecule has 0 bridgehead atoms. The van der Waals surface area contributed by atoms with Gasteiger partial charge in [0, 0.05) is 34.1 Å². The minimum absolute atomic E-state index is 0.138. The molecule has 2 N–H and O–H groups in total. The molecule has 2 aromatic rings. The van der Waals surface area contributed by atoms with Crippen LogP contribution in [0.3, 0.4) is 0 Å². The van der Waals surface area contributed by atoms with Crippen molar-refractivity contribution < 1.29 is 19.4 Å². The first-order valence-electron chi connectivity index (χ1n) is 5.73. The van der Waals surface area contributed by atoms with Gasteiger partial charge in [-0.15, -0.1) is 0 Å². The van der Waals surface area contributed by atoms with Crippen LogP contribution in [0.2, 0.25) is 0 Å². The van der Waals surface area contributed by atoms with E-state index in [0.717, 1.165) is 31.0 Å². The zero-order chi connectivity index (χ0) is 14.9. The number of fused-ring (bicyclic) bond motifs is 1. The lowest BCUT2D eigenvalue weighted by atomic mass is 10.1. The summed E-state index contributed by atoms with van der Waals surface area (Å²) in [5.74, 6) is -0.999. The van der Waals surface area contributed by atoms with Crippen LogP contribution in [-0.2, 0) is 22.7 Å². The van der Waals surface area contributed by atoms with E-state index in [9.17, 15) is 4.79 Å². The Labute approximate surface area is 132 Å². The van der Waals surface area contributed by atoms with Gasteiger partial charge in [-0.2, -0.15) is 0 Å². The van der Waals surface area contributed by atoms with E-state index in [0.29, 0.717) is 13.2 Å². The standard InChI is InChI=1S/C13H13Br2NO4/c1-19-4-7-8(5-20-2)11(15)12-6(10(7)14)3-9(16-12)13(17)18/h3,16H,4-5H2,1-2H3,(H,17,18). The van der Waals surface area contributed by atoms with Crippen molar-refractivity contribution in [3.8, 4) is 0 Å². The van der Waals surface area contributed by atoms with E-state index in [1.807, 2.05) is 0 Å². The Balaban J connectivity index is 2.78. The maximum Gasteiger partial charge on any atom is 0.352 e. The van der Waals surface area contributed by atoms with Gasteiger partial charge in [0.1, 0.15) is 5.69 Å². The average Bonchev–Trinajstić information content (AvgIpc) is 2.85. The first-order chi connectivity index (χ1) is 9.51. The summed E-state index contributed by atoms with van der Waals surface area (Å²) in [4.78, 5) is 14.0. The molecule has 108 valence electrons. The van der Waals surface area contributed by atoms with Crippen LogP contribution in [0.4, 0.5) is 0 Å². The van der Waals surface area contributed by atoms with Gasteiger partial charge < -0.3 is 19.6 Å². The molecule has 0 saturated carbocycles. The Morgan fingerprint density at radius 1 is 1.20 bits per heavy atom. The third-order valence-corrected chi connectivity index (χ3v) is 4.76. The number of H-pyrrole nitrogens is 1. The van der Waals surface area contributed by atoms with Gasteiger partial charge in [0.05, 0.1) is 18.7 Å². The SMILES string of the molecule is COCc1c(COC)c(Br)c2[nH]c(C(=O)O)cc2c1Br. The second-order valence-corrected chi connectivity index (χ2v) is 5.81. The van der Waals surface area contributed by atoms with E-state index in [4.69, 9.17) is 14.6 Å². The third-order valence-electron chi connectivity index (χ3n) is 2.98. The van der Waals surface area contributed by atoms with Crippen LogP contribution >= 0.6 is 31.9 Å². The van der Waals surface area contributed by atoms with Crippen molar-refractivity contribution in [2.75, 3.05) is 14.2 Å². The number of aromatic nitrogens is 1. The number of carbonyl (C=O) groups is 1. The summed E-state index contributed by atoms with van der Waals surface area (Å²) in [6.07, 6.45) is 0. The highest BCUT2D eigenvalue weighted by Crippen LogP contribution is 2.38. The Kier molecular flexibility index (Phi) is 4.85. The number of ether oxygens (including phenoxy) is 2. The van der Waals surface area contributed by atoms with Gasteiger partial charge >= 0.3 is 5.97 Å². The van der Waals surface area contributed by atoms with Crippen LogP contribution in [0.5, 0.6) is 0 Å². The monoisotopic (exact) mass is 405 g/mol. The zero-order valence-corrected chi connectivity index (χ0v) is 14.1. The number of aromatic carboxylic acids is 1. The molecule has 0 amide bonds. The molecule has 7 heteroatoms. The topological polar surface area (TPSA) is 71.5 Å². The van der Waals surface area contributed by atoms with E-state index in [1.54, 1.807) is 20.3 Å². The molecule has 5 nitrogen and oxygen atoms in total. The predicted molar refractivity (Wildman–Crippen MR) is 82.1 cm³/mol. The van der Waals surface area contributed by atoms with Gasteiger partial charge in [0.15, 0.2) is 0 Å². The fourth-order valence-electron chi connectivity index (χ4n) is 2.08. The summed E-state index contributed by atoms with van der Waals surface area (Å²) in [5, 5.41) is 9.89. The van der Waals surface area contributed by atoms with Gasteiger partial charge in [-0.1, -0.05) is 0 Å². The number of hydrogen-bond donors (Lipinski definition) is 2. The van der Waals surface area contributed by atoms with E-state index in [-0.39, 0.29) is 5.69 Å². The van der Waals surface area contributed by atoms with Crippen molar-refractivity contribution in [2.24, 2.45) is 0 Å². The molecular formula is C13H13Br2NO4. The number of halogens is 2. The molecule has 0 saturated heterocycles. The molecule has 0 atom stereocenters. The van der Waals surface area contributed by atoms with Gasteiger partial charge in [0.25, 0.3) is 0 Å². The van der Waals surface area contributed by atoms with Crippen molar-refractivity contribution in [3.63, 3.8) is 0 Å². The molecule has 0 aliphatic carbocycles. The third kappa shape index (κ3) is 2.63. The van der Waals surface area contributed by atoms with Crippen LogP contribution in [-0.4, -0.2) is 30.3 Å². The largest absolute Gasteiger partial charge is 0.477 e. The highest BCUT2D eigenvalue weighted by Gasteiger charge is 2.20. The number of aromatic amines is 1. The molecule has 0 fully saturated rings. The molecule has 2 rings (SSSR count). The van der Waals surface area contributed by atoms with Crippen LogP contribution in [0.1, 0.15) is 21.6 Å². The number of carboxylic acid groups (broad SMARTS) is 1. The van der Waals surface area contributed by atoms with Crippen LogP contribution in [0.15, 0.2) is 15.0 Å². The van der Waals surface area contributed by atoms with E-state index < -0.39 is 5.97 Å². The van der Waals surface area contributed by atoms with Crippen LogP contribution in [0.25, 0.3) is 10.9 Å². The number of nitrogens with one attached hydrogen (secondary N) is 1. The number of carboxylic acids is 1. The fourth-order valence-corrected chi connectivity index (χ4v) is 3.42. The summed E-state index contributed by atoms with van der Waals surface area (Å²) in [7, 11) is 3.22. The minimum Gasteiger partial charge on any atom is -0.477 e. The first-order valence-corrected chi connectivity index (χ1v) is 7.32. The van der Waals surface area contributed by atoms with Crippen molar-refractivity contribution in [2.45, 2.75) is 13.2 Å². The maximum atomic E-state index is 11.1. The van der Waals surface area contributed by atoms with Crippen molar-refractivity contribution in [3.05, 3.63) is 31.8 Å². The molecule has 0 spiro atoms. The van der Waals surface area contributed by atoms with Crippen molar-refractivity contribution in [1.29, 1.82) is 0 Å². The Morgan fingerprint density at radius 2 is 1.75 bits per heavy atom. The molecular weight excluding hydrogens is 394 g/mol. The smallest absolute Gasteiger partial charge is 0.352 e. The lowest BCUT2D eigenvalue weighted by molar-refractivity contribution is 0.0691.